The van der Waals surface area contributed by atoms with Crippen molar-refractivity contribution in [3.63, 3.8) is 0 Å². The molecule has 9 atom stereocenters. The first-order valence-electron chi connectivity index (χ1n) is 36.0. The molecule has 4 aliphatic heterocycles. The van der Waals surface area contributed by atoms with Crippen LogP contribution in [0.5, 0.6) is 0 Å². The van der Waals surface area contributed by atoms with E-state index >= 15 is 0 Å². The van der Waals surface area contributed by atoms with E-state index in [4.69, 9.17) is 60.8 Å². The number of ether oxygens (including phenoxy) is 6. The van der Waals surface area contributed by atoms with Gasteiger partial charge in [0.1, 0.15) is 24.6 Å². The Labute approximate surface area is 644 Å². The highest BCUT2D eigenvalue weighted by atomic mass is 79.9. The molecule has 4 fully saturated rings. The molecule has 4 saturated heterocycles. The van der Waals surface area contributed by atoms with E-state index in [1.165, 1.54) is 58.7 Å². The monoisotopic (exact) mass is 1590 g/mol. The molecular formula is C74H123BrN14O19. The molecule has 4 aromatic rings. The Hall–Kier alpha value is -7.84. The van der Waals surface area contributed by atoms with Crippen molar-refractivity contribution in [3.8, 4) is 22.8 Å². The molecule has 4 aliphatic rings. The number of carbonyl (C=O) groups excluding carboxylic acids is 7. The number of nitrogens with zero attached hydrogens (tertiary/aromatic N) is 9. The lowest BCUT2D eigenvalue weighted by Crippen LogP contribution is -2.53. The van der Waals surface area contributed by atoms with Crippen molar-refractivity contribution in [2.24, 2.45) is 35.2 Å². The smallest absolute Gasteiger partial charge is 0.329 e. The molecule has 0 saturated carbocycles. The molecule has 0 radical (unpaired) electrons. The number of carboxylic acid groups (broad SMARTS) is 1. The maximum atomic E-state index is 11.9. The van der Waals surface area contributed by atoms with Gasteiger partial charge in [-0.05, 0) is 144 Å². The SMILES string of the molecule is CC(=O)CO.CC(CO)CC(C)CO.CC(N)CO.CC1COCC(C)C1.CC1COCC(C)N1CC(=O)NN.CCOC(=O)CBr.CCOC(=O)CN1C(C)COCC1C.Cc1cc(C)cc(-c2ncn(/C=C\C(=O)NNC(=O)C(=O)N3CCOCC3)n2)c1.Cc1cc(C)cc(-c2ncn(/C=C\C(=O)O)n2)c1. The van der Waals surface area contributed by atoms with Crippen LogP contribution in [0.1, 0.15) is 118 Å². The van der Waals surface area contributed by atoms with Crippen molar-refractivity contribution in [1.29, 1.82) is 0 Å². The van der Waals surface area contributed by atoms with Crippen molar-refractivity contribution in [3.05, 3.63) is 83.5 Å². The summed E-state index contributed by atoms with van der Waals surface area (Å²) in [6.07, 6.45) is 10.1. The Balaban J connectivity index is 0.00000127. The van der Waals surface area contributed by atoms with Gasteiger partial charge >= 0.3 is 29.7 Å². The second-order valence-corrected chi connectivity index (χ2v) is 27.2. The van der Waals surface area contributed by atoms with Crippen LogP contribution in [0.15, 0.2) is 61.2 Å². The topological polar surface area (TPSA) is 452 Å². The molecule has 0 spiro atoms. The number of hydrogen-bond acceptors (Lipinski definition) is 26. The zero-order valence-corrected chi connectivity index (χ0v) is 67.6. The molecule has 33 nitrogen and oxygen atoms in total. The van der Waals surface area contributed by atoms with E-state index in [0.29, 0.717) is 120 Å². The maximum absolute atomic E-state index is 11.9. The highest BCUT2D eigenvalue weighted by Crippen LogP contribution is 2.21. The maximum Gasteiger partial charge on any atom is 0.329 e. The van der Waals surface area contributed by atoms with Gasteiger partial charge in [-0.25, -0.2) is 30.0 Å². The first-order valence-corrected chi connectivity index (χ1v) is 37.1. The van der Waals surface area contributed by atoms with E-state index < -0.39 is 23.7 Å². The number of rotatable bonds is 19. The number of morpholine rings is 3. The number of halogens is 1. The molecule has 6 heterocycles. The van der Waals surface area contributed by atoms with Gasteiger partial charge in [-0.3, -0.25) is 59.6 Å². The average molecular weight is 1590 g/mol. The summed E-state index contributed by atoms with van der Waals surface area (Å²) in [5.41, 5.74) is 17.7. The number of benzene rings is 2. The fourth-order valence-electron chi connectivity index (χ4n) is 10.2. The highest BCUT2D eigenvalue weighted by molar-refractivity contribution is 9.09. The third-order valence-corrected chi connectivity index (χ3v) is 15.7. The molecule has 12 N–H and O–H groups in total. The zero-order chi connectivity index (χ0) is 81.8. The fraction of sp³-hybridized carbons (Fsp3) is 0.622. The Morgan fingerprint density at radius 2 is 1.01 bits per heavy atom. The molecular weight excluding hydrogens is 1470 g/mol. The Kier molecular flexibility index (Phi) is 53.9. The van der Waals surface area contributed by atoms with E-state index in [2.05, 4.69) is 107 Å². The van der Waals surface area contributed by atoms with Gasteiger partial charge in [-0.1, -0.05) is 78.0 Å². The normalized spacial score (nSPS) is 18.9. The summed E-state index contributed by atoms with van der Waals surface area (Å²) in [7, 11) is 0. The number of aliphatic hydroxyl groups is 4. The Morgan fingerprint density at radius 1 is 0.611 bits per heavy atom. The minimum Gasteiger partial charge on any atom is -0.478 e. The van der Waals surface area contributed by atoms with Crippen LogP contribution in [-0.4, -0.2) is 271 Å². The van der Waals surface area contributed by atoms with Crippen molar-refractivity contribution < 1.29 is 92.3 Å². The number of Topliss-reactive ketones (excluding diaryl/α,β-unsaturated/α-hetero) is 1. The lowest BCUT2D eigenvalue weighted by Gasteiger charge is -2.37. The number of hydrogen-bond donors (Lipinski definition) is 10. The number of nitrogens with one attached hydrogen (secondary N) is 3. The summed E-state index contributed by atoms with van der Waals surface area (Å²) >= 11 is 2.94. The Morgan fingerprint density at radius 3 is 1.35 bits per heavy atom. The van der Waals surface area contributed by atoms with Gasteiger partial charge in [0.2, 0.25) is 5.91 Å². The highest BCUT2D eigenvalue weighted by Gasteiger charge is 2.29. The third-order valence-electron chi connectivity index (χ3n) is 15.3. The van der Waals surface area contributed by atoms with E-state index in [-0.39, 0.29) is 68.2 Å². The molecule has 0 bridgehead atoms. The predicted octanol–water partition coefficient (Wildman–Crippen LogP) is 4.05. The molecule has 9 unspecified atom stereocenters. The summed E-state index contributed by atoms with van der Waals surface area (Å²) in [5, 5.41) is 50.3. The second kappa shape index (κ2) is 58.2. The summed E-state index contributed by atoms with van der Waals surface area (Å²) in [6, 6.07) is 13.2. The first-order chi connectivity index (χ1) is 51.1. The number of carbonyl (C=O) groups is 8. The minimum absolute atomic E-state index is 0.0602. The van der Waals surface area contributed by atoms with Crippen molar-refractivity contribution in [1.82, 2.24) is 60.5 Å². The standard InChI is InChI=1S/C19H22N6O4.C13H13N3O2.C10H19NO3.C8H17N3O2.C7H16O2.C7H14O.C4H7BrO2.C3H9NO.C3H6O2/c1-13-9-14(2)11-15(10-13)17-20-12-25(23-17)4-3-16(26)21-22-18(27)19(28)24-5-7-29-8-6-24;1-9-5-10(2)7-11(6-9)13-14-8-16(15-13)4-3-12(17)18;1-4-14-10(12)5-11-8(2)6-13-7-9(11)3;1-6-4-13-5-7(2)11(6)3-8(12)10-9;1-6(4-8)3-7(2)5-9;1-6-3-7(2)5-8-4-6;1-2-7-4(6)3-5;1-3(4)2-5;1-3(5)2-4/h3-4,9-12H,5-8H2,1-2H3,(H,21,26)(H,22,27);3-8H,1-2H3,(H,17,18);8-9H,4-7H2,1-3H3;6-7H,3-5,9H2,1-2H3,(H,10,12);6-9H,3-5H2,1-2H3;6-7H,3-5H2,1-2H3;2-3H2,1H3;3,5H,2,4H2,1H3;4H,2H2,1H3/b2*4-3-;;;;;;;. The summed E-state index contributed by atoms with van der Waals surface area (Å²) in [6.45, 7) is 39.4. The molecule has 0 aliphatic carbocycles. The van der Waals surface area contributed by atoms with E-state index in [1.807, 2.05) is 86.6 Å². The van der Waals surface area contributed by atoms with Gasteiger partial charge in [-0.15, -0.1) is 10.2 Å². The van der Waals surface area contributed by atoms with E-state index in [0.717, 1.165) is 70.9 Å². The average Bonchev–Trinajstić information content (AvgIpc) is 1.72. The minimum atomic E-state index is -1.02. The van der Waals surface area contributed by atoms with Gasteiger partial charge in [0.15, 0.2) is 17.4 Å². The lowest BCUT2D eigenvalue weighted by molar-refractivity contribution is -0.149. The van der Waals surface area contributed by atoms with Crippen LogP contribution in [0.2, 0.25) is 0 Å². The second-order valence-electron chi connectivity index (χ2n) is 26.6. The molecule has 8 rings (SSSR count). The van der Waals surface area contributed by atoms with Crippen molar-refractivity contribution in [2.45, 2.75) is 154 Å². The molecule has 2 aromatic carbocycles. The van der Waals surface area contributed by atoms with Crippen LogP contribution < -0.4 is 27.9 Å². The number of aliphatic hydroxyl groups excluding tert-OH is 4. The number of alkyl halides is 1. The molecule has 34 heteroatoms. The predicted molar refractivity (Wildman–Crippen MR) is 414 cm³/mol. The van der Waals surface area contributed by atoms with Gasteiger partial charge in [0.05, 0.1) is 72.6 Å². The third kappa shape index (κ3) is 46.5. The first kappa shape index (κ1) is 100. The van der Waals surface area contributed by atoms with Gasteiger partial charge in [0.25, 0.3) is 5.91 Å². The lowest BCUT2D eigenvalue weighted by atomic mass is 9.96. The number of hydrazine groups is 2. The summed E-state index contributed by atoms with van der Waals surface area (Å²) in [4.78, 5) is 102. The Bertz CT molecular complexity index is 3220. The molecule has 108 heavy (non-hydrogen) atoms. The van der Waals surface area contributed by atoms with Gasteiger partial charge in [-0.2, -0.15) is 0 Å². The van der Waals surface area contributed by atoms with Crippen LogP contribution in [0.3, 0.4) is 0 Å². The quantitative estimate of drug-likeness (QED) is 0.0120. The number of aliphatic carboxylic acids is 1. The number of aryl methyl sites for hydroxylation is 4. The fourth-order valence-corrected chi connectivity index (χ4v) is 10.3. The number of amides is 4. The largest absolute Gasteiger partial charge is 0.478 e. The van der Waals surface area contributed by atoms with Crippen LogP contribution in [0.25, 0.3) is 35.2 Å². The van der Waals surface area contributed by atoms with Crippen LogP contribution in [0.4, 0.5) is 0 Å². The zero-order valence-electron chi connectivity index (χ0n) is 66.0. The van der Waals surface area contributed by atoms with E-state index in [1.54, 1.807) is 13.8 Å². The summed E-state index contributed by atoms with van der Waals surface area (Å²) in [5.74, 6) is 4.42. The van der Waals surface area contributed by atoms with Crippen LogP contribution in [-0.2, 0) is 66.8 Å². The summed E-state index contributed by atoms with van der Waals surface area (Å²) < 4.78 is 33.3. The number of carboxylic acids is 1. The van der Waals surface area contributed by atoms with Gasteiger partial charge in [0, 0.05) is 105 Å². The number of esters is 2. The molecule has 4 amide bonds. The van der Waals surface area contributed by atoms with Gasteiger partial charge < -0.3 is 64.6 Å². The van der Waals surface area contributed by atoms with Crippen molar-refractivity contribution >= 4 is 75.6 Å². The van der Waals surface area contributed by atoms with Crippen molar-refractivity contribution in [2.75, 3.05) is 124 Å². The number of ketones is 1. The molecule has 2 aromatic heterocycles. The van der Waals surface area contributed by atoms with E-state index in [9.17, 15) is 38.4 Å². The molecule has 610 valence electrons. The van der Waals surface area contributed by atoms with Crippen LogP contribution >= 0.6 is 15.9 Å². The number of nitrogens with two attached hydrogens (primary N) is 2. The number of aromatic nitrogens is 6. The van der Waals surface area contributed by atoms with Crippen LogP contribution in [0, 0.1) is 51.4 Å².